The van der Waals surface area contributed by atoms with Crippen LogP contribution in [0.1, 0.15) is 124 Å². The van der Waals surface area contributed by atoms with Crippen LogP contribution in [-0.4, -0.2) is 57.1 Å². The highest BCUT2D eigenvalue weighted by Crippen LogP contribution is 2.60. The lowest BCUT2D eigenvalue weighted by Crippen LogP contribution is -2.36. The van der Waals surface area contributed by atoms with Crippen LogP contribution in [0.5, 0.6) is 0 Å². The second-order valence-electron chi connectivity index (χ2n) is 16.6. The molecule has 0 bridgehead atoms. The summed E-state index contributed by atoms with van der Waals surface area (Å²) in [6.45, 7) is 9.28. The summed E-state index contributed by atoms with van der Waals surface area (Å²) in [4.78, 5) is 45.7. The van der Waals surface area contributed by atoms with Crippen molar-refractivity contribution in [3.05, 3.63) is 73.4 Å². The number of carbonyl (C=O) groups is 2. The molecule has 3 aliphatic carbocycles. The molecule has 3 fully saturated rings. The Hall–Kier alpha value is -3.58. The number of halogens is 1. The lowest BCUT2D eigenvalue weighted by molar-refractivity contribution is -0.393. The smallest absolute Gasteiger partial charge is 0.316 e. The highest BCUT2D eigenvalue weighted by Gasteiger charge is 2.50. The molecule has 13 heteroatoms. The maximum Gasteiger partial charge on any atom is 0.316 e. The Morgan fingerprint density at radius 2 is 1.84 bits per heavy atom. The van der Waals surface area contributed by atoms with Crippen molar-refractivity contribution in [1.82, 2.24) is 0 Å². The van der Waals surface area contributed by atoms with E-state index < -0.39 is 15.4 Å². The lowest BCUT2D eigenvalue weighted by atomic mass is 9.60. The van der Waals surface area contributed by atoms with Crippen LogP contribution in [-0.2, 0) is 19.1 Å². The van der Waals surface area contributed by atoms with E-state index in [1.807, 2.05) is 19.9 Å². The number of ether oxygens (including phenoxy) is 2. The molecule has 0 amide bonds. The number of alkyl halides is 1. The first kappa shape index (κ1) is 44.1. The number of fused-ring (bicyclic) bond motifs is 1. The minimum absolute atomic E-state index is 0.154. The number of unbranched alkanes of at least 4 members (excludes halogenated alkanes) is 2. The highest BCUT2D eigenvalue weighted by molar-refractivity contribution is 9.09. The van der Waals surface area contributed by atoms with Gasteiger partial charge in [-0.2, -0.15) is 0 Å². The summed E-state index contributed by atoms with van der Waals surface area (Å²) in [5.41, 5.74) is 2.92. The predicted octanol–water partition coefficient (Wildman–Crippen LogP) is 10.1. The SMILES string of the molecule is CC(CCCC(C)(C)O)C1CCC2C(=CC=C3CC(OC(=O)CBr)CCC3=CCOC(=O)CCCCCNc3ccc([N+](=O)[O-])cc3[N+](=O)[O-])CCCC21C. The van der Waals surface area contributed by atoms with Gasteiger partial charge in [0, 0.05) is 25.5 Å². The van der Waals surface area contributed by atoms with Gasteiger partial charge < -0.3 is 19.9 Å². The third-order valence-corrected chi connectivity index (χ3v) is 12.5. The molecule has 0 aliphatic heterocycles. The third kappa shape index (κ3) is 13.0. The number of benzene rings is 1. The predicted molar refractivity (Wildman–Crippen MR) is 217 cm³/mol. The topological polar surface area (TPSA) is 171 Å². The highest BCUT2D eigenvalue weighted by atomic mass is 79.9. The van der Waals surface area contributed by atoms with Crippen molar-refractivity contribution in [3.63, 3.8) is 0 Å². The maximum absolute atomic E-state index is 12.6. The van der Waals surface area contributed by atoms with Gasteiger partial charge in [0.2, 0.25) is 0 Å². The molecular formula is C42H60BrN3O9. The van der Waals surface area contributed by atoms with Crippen LogP contribution in [0.15, 0.2) is 53.1 Å². The number of allylic oxidation sites excluding steroid dienone is 4. The molecule has 3 saturated carbocycles. The normalized spacial score (nSPS) is 25.4. The second kappa shape index (κ2) is 20.5. The quantitative estimate of drug-likeness (QED) is 0.0450. The zero-order valence-electron chi connectivity index (χ0n) is 33.0. The number of rotatable bonds is 19. The largest absolute Gasteiger partial charge is 0.461 e. The second-order valence-corrected chi connectivity index (χ2v) is 17.1. The number of carbonyl (C=O) groups excluding carboxylic acids is 2. The summed E-state index contributed by atoms with van der Waals surface area (Å²) >= 11 is 3.21. The summed E-state index contributed by atoms with van der Waals surface area (Å²) in [5, 5.41) is 35.7. The first-order valence-electron chi connectivity index (χ1n) is 20.0. The van der Waals surface area contributed by atoms with Gasteiger partial charge in [0.25, 0.3) is 11.4 Å². The van der Waals surface area contributed by atoms with E-state index in [0.29, 0.717) is 56.4 Å². The Morgan fingerprint density at radius 1 is 1.05 bits per heavy atom. The Morgan fingerprint density at radius 3 is 2.55 bits per heavy atom. The van der Waals surface area contributed by atoms with E-state index in [0.717, 1.165) is 49.3 Å². The molecule has 0 saturated heterocycles. The Labute approximate surface area is 334 Å². The molecule has 2 N–H and O–H groups in total. The molecule has 4 rings (SSSR count). The molecule has 0 heterocycles. The summed E-state index contributed by atoms with van der Waals surface area (Å²) in [5.74, 6) is 1.27. The number of non-ortho nitro benzene ring substituents is 1. The number of aliphatic hydroxyl groups is 1. The van der Waals surface area contributed by atoms with Gasteiger partial charge in [-0.3, -0.25) is 29.8 Å². The van der Waals surface area contributed by atoms with Crippen molar-refractivity contribution < 1.29 is 34.0 Å². The number of nitrogens with one attached hydrogen (secondary N) is 1. The number of nitrogens with zero attached hydrogens (tertiary/aromatic N) is 2. The molecule has 5 atom stereocenters. The van der Waals surface area contributed by atoms with Crippen molar-refractivity contribution in [1.29, 1.82) is 0 Å². The number of esters is 2. The minimum Gasteiger partial charge on any atom is -0.461 e. The zero-order chi connectivity index (χ0) is 40.2. The van der Waals surface area contributed by atoms with Gasteiger partial charge in [-0.05, 0) is 125 Å². The first-order valence-corrected chi connectivity index (χ1v) is 21.1. The van der Waals surface area contributed by atoms with Crippen molar-refractivity contribution in [2.24, 2.45) is 23.2 Å². The molecule has 0 aromatic heterocycles. The van der Waals surface area contributed by atoms with Crippen molar-refractivity contribution in [2.75, 3.05) is 23.8 Å². The van der Waals surface area contributed by atoms with Crippen LogP contribution < -0.4 is 5.32 Å². The Balaban J connectivity index is 1.31. The van der Waals surface area contributed by atoms with E-state index in [1.165, 1.54) is 43.4 Å². The molecule has 1 aromatic rings. The van der Waals surface area contributed by atoms with E-state index in [9.17, 15) is 34.9 Å². The van der Waals surface area contributed by atoms with Crippen LogP contribution in [0.4, 0.5) is 17.1 Å². The van der Waals surface area contributed by atoms with E-state index in [-0.39, 0.29) is 58.9 Å². The fourth-order valence-electron chi connectivity index (χ4n) is 9.20. The average molecular weight is 831 g/mol. The first-order chi connectivity index (χ1) is 26.1. The summed E-state index contributed by atoms with van der Waals surface area (Å²) < 4.78 is 11.3. The number of anilines is 1. The Kier molecular flexibility index (Phi) is 16.5. The summed E-state index contributed by atoms with van der Waals surface area (Å²) in [6.07, 6.45) is 19.6. The van der Waals surface area contributed by atoms with Gasteiger partial charge in [-0.15, -0.1) is 0 Å². The number of nitro benzene ring substituents is 2. The molecular weight excluding hydrogens is 770 g/mol. The fourth-order valence-corrected chi connectivity index (χ4v) is 9.33. The van der Waals surface area contributed by atoms with Crippen LogP contribution >= 0.6 is 15.9 Å². The van der Waals surface area contributed by atoms with Gasteiger partial charge in [0.1, 0.15) is 23.7 Å². The molecule has 1 aromatic carbocycles. The van der Waals surface area contributed by atoms with E-state index >= 15 is 0 Å². The molecule has 304 valence electrons. The van der Waals surface area contributed by atoms with Gasteiger partial charge >= 0.3 is 11.9 Å². The molecule has 5 unspecified atom stereocenters. The third-order valence-electron chi connectivity index (χ3n) is 12.0. The summed E-state index contributed by atoms with van der Waals surface area (Å²) in [6, 6.07) is 3.50. The molecule has 0 radical (unpaired) electrons. The monoisotopic (exact) mass is 829 g/mol. The fraction of sp³-hybridized carbons (Fsp3) is 0.667. The summed E-state index contributed by atoms with van der Waals surface area (Å²) in [7, 11) is 0. The van der Waals surface area contributed by atoms with Gasteiger partial charge in [-0.1, -0.05) is 66.8 Å². The van der Waals surface area contributed by atoms with E-state index in [2.05, 4.69) is 47.2 Å². The minimum atomic E-state index is -0.669. The lowest BCUT2D eigenvalue weighted by Gasteiger charge is -2.44. The van der Waals surface area contributed by atoms with Crippen molar-refractivity contribution >= 4 is 44.9 Å². The van der Waals surface area contributed by atoms with Gasteiger partial charge in [0.05, 0.1) is 21.5 Å². The van der Waals surface area contributed by atoms with E-state index in [1.54, 1.807) is 0 Å². The molecule has 3 aliphatic rings. The molecule has 12 nitrogen and oxygen atoms in total. The molecule has 0 spiro atoms. The standard InChI is InChI=1S/C42H60BrN3O9/c1-29(10-8-22-41(2,3)49)35-18-19-36-31(11-9-23-42(35,36)4)13-14-32-26-34(55-40(48)28-43)17-15-30(32)21-25-54-39(47)12-6-5-7-24-44-37-20-16-33(45(50)51)27-38(37)46(52)53/h13-14,16,20-21,27,29,34-36,44,49H,5-12,15,17-19,22-26,28H2,1-4H3. The van der Waals surface area contributed by atoms with E-state index in [4.69, 9.17) is 9.47 Å². The maximum atomic E-state index is 12.6. The van der Waals surface area contributed by atoms with Crippen molar-refractivity contribution in [2.45, 2.75) is 136 Å². The van der Waals surface area contributed by atoms with Crippen molar-refractivity contribution in [3.8, 4) is 0 Å². The van der Waals surface area contributed by atoms with Crippen LogP contribution in [0.25, 0.3) is 0 Å². The zero-order valence-corrected chi connectivity index (χ0v) is 34.6. The van der Waals surface area contributed by atoms with Gasteiger partial charge in [0.15, 0.2) is 0 Å². The number of hydrogen-bond acceptors (Lipinski definition) is 10. The number of hydrogen-bond donors (Lipinski definition) is 2. The average Bonchev–Trinajstić information content (AvgIpc) is 3.49. The van der Waals surface area contributed by atoms with Crippen LogP contribution in [0, 0.1) is 43.4 Å². The molecule has 55 heavy (non-hydrogen) atoms. The van der Waals surface area contributed by atoms with Crippen LogP contribution in [0.3, 0.4) is 0 Å². The number of nitro groups is 2. The Bertz CT molecular complexity index is 1620. The van der Waals surface area contributed by atoms with Gasteiger partial charge in [-0.25, -0.2) is 0 Å². The van der Waals surface area contributed by atoms with Crippen LogP contribution in [0.2, 0.25) is 0 Å².